The van der Waals surface area contributed by atoms with Gasteiger partial charge in [0.25, 0.3) is 0 Å². The highest BCUT2D eigenvalue weighted by Gasteiger charge is 2.18. The van der Waals surface area contributed by atoms with Crippen molar-refractivity contribution in [1.29, 1.82) is 0 Å². The topological polar surface area (TPSA) is 89.2 Å². The number of hydrogen-bond donors (Lipinski definition) is 2. The lowest BCUT2D eigenvalue weighted by Crippen LogP contribution is -2.21. The Bertz CT molecular complexity index is 839. The smallest absolute Gasteiger partial charge is 0.105 e. The molecule has 0 fully saturated rings. The molecule has 3 aromatic rings. The van der Waals surface area contributed by atoms with E-state index in [9.17, 15) is 10.2 Å². The van der Waals surface area contributed by atoms with Crippen LogP contribution in [0.3, 0.4) is 0 Å². The molecule has 6 heteroatoms. The number of thiophene rings is 1. The van der Waals surface area contributed by atoms with Gasteiger partial charge in [0.2, 0.25) is 0 Å². The molecule has 2 N–H and O–H groups in total. The second-order valence-corrected chi connectivity index (χ2v) is 5.86. The van der Waals surface area contributed by atoms with Gasteiger partial charge in [-0.2, -0.15) is 0 Å². The van der Waals surface area contributed by atoms with Gasteiger partial charge in [0.15, 0.2) is 0 Å². The highest BCUT2D eigenvalue weighted by atomic mass is 32.1. The second kappa shape index (κ2) is 5.71. The fourth-order valence-electron chi connectivity index (χ4n) is 2.37. The molecule has 2 aromatic carbocycles. The Hall–Kier alpha value is -2.11. The summed E-state index contributed by atoms with van der Waals surface area (Å²) in [6.07, 6.45) is -2.18. The van der Waals surface area contributed by atoms with Gasteiger partial charge >= 0.3 is 0 Å². The van der Waals surface area contributed by atoms with Crippen molar-refractivity contribution in [2.24, 2.45) is 5.11 Å². The Morgan fingerprint density at radius 1 is 1.10 bits per heavy atom. The van der Waals surface area contributed by atoms with Gasteiger partial charge in [0, 0.05) is 25.1 Å². The Balaban J connectivity index is 2.03. The number of rotatable bonds is 4. The molecule has 0 spiro atoms. The van der Waals surface area contributed by atoms with E-state index >= 15 is 0 Å². The van der Waals surface area contributed by atoms with Crippen LogP contribution in [-0.2, 0) is 0 Å². The van der Waals surface area contributed by atoms with Crippen molar-refractivity contribution >= 4 is 31.5 Å². The van der Waals surface area contributed by atoms with Crippen molar-refractivity contribution in [3.8, 4) is 0 Å². The molecule has 0 radical (unpaired) electrons. The Labute approximate surface area is 124 Å². The zero-order chi connectivity index (χ0) is 14.8. The summed E-state index contributed by atoms with van der Waals surface area (Å²) in [6, 6.07) is 13.7. The molecule has 5 nitrogen and oxygen atoms in total. The lowest BCUT2D eigenvalue weighted by Gasteiger charge is -2.16. The van der Waals surface area contributed by atoms with Crippen molar-refractivity contribution in [3.63, 3.8) is 0 Å². The van der Waals surface area contributed by atoms with Crippen molar-refractivity contribution in [1.82, 2.24) is 0 Å². The van der Waals surface area contributed by atoms with Gasteiger partial charge in [-0.25, -0.2) is 0 Å². The Morgan fingerprint density at radius 2 is 1.86 bits per heavy atom. The molecule has 2 unspecified atom stereocenters. The average Bonchev–Trinajstić information content (AvgIpc) is 2.89. The van der Waals surface area contributed by atoms with E-state index in [1.165, 1.54) is 4.70 Å². The van der Waals surface area contributed by atoms with Crippen molar-refractivity contribution in [2.75, 3.05) is 6.54 Å². The first-order valence-electron chi connectivity index (χ1n) is 6.49. The molecule has 21 heavy (non-hydrogen) atoms. The lowest BCUT2D eigenvalue weighted by atomic mass is 10.0. The SMILES string of the molecule is [N-]=[N+]=NCC(O)C(O)c1ccc2sc3ccccc3c2c1. The summed E-state index contributed by atoms with van der Waals surface area (Å²) in [5.41, 5.74) is 8.88. The van der Waals surface area contributed by atoms with Gasteiger partial charge in [-0.05, 0) is 29.3 Å². The first kappa shape index (κ1) is 13.9. The summed E-state index contributed by atoms with van der Waals surface area (Å²) < 4.78 is 2.32. The maximum absolute atomic E-state index is 10.2. The summed E-state index contributed by atoms with van der Waals surface area (Å²) in [5.74, 6) is 0. The number of benzene rings is 2. The quantitative estimate of drug-likeness (QED) is 0.436. The third-order valence-corrected chi connectivity index (χ3v) is 4.59. The third kappa shape index (κ3) is 2.57. The molecule has 0 bridgehead atoms. The van der Waals surface area contributed by atoms with E-state index < -0.39 is 12.2 Å². The zero-order valence-corrected chi connectivity index (χ0v) is 11.9. The molecule has 3 rings (SSSR count). The molecule has 1 heterocycles. The van der Waals surface area contributed by atoms with Gasteiger partial charge in [-0.15, -0.1) is 11.3 Å². The molecule has 0 saturated heterocycles. The van der Waals surface area contributed by atoms with Crippen molar-refractivity contribution in [2.45, 2.75) is 12.2 Å². The van der Waals surface area contributed by atoms with Gasteiger partial charge in [0.1, 0.15) is 6.10 Å². The van der Waals surface area contributed by atoms with Gasteiger partial charge in [-0.1, -0.05) is 29.4 Å². The van der Waals surface area contributed by atoms with E-state index in [1.54, 1.807) is 17.4 Å². The highest BCUT2D eigenvalue weighted by Crippen LogP contribution is 2.35. The summed E-state index contributed by atoms with van der Waals surface area (Å²) >= 11 is 1.69. The van der Waals surface area contributed by atoms with Crippen LogP contribution in [-0.4, -0.2) is 22.9 Å². The van der Waals surface area contributed by atoms with E-state index in [0.717, 1.165) is 15.5 Å². The Morgan fingerprint density at radius 3 is 2.67 bits per heavy atom. The predicted octanol–water partition coefficient (Wildman–Crippen LogP) is 3.76. The minimum atomic E-state index is -1.11. The normalized spacial score (nSPS) is 14.0. The van der Waals surface area contributed by atoms with Crippen LogP contribution < -0.4 is 0 Å². The summed E-state index contributed by atoms with van der Waals surface area (Å²) in [7, 11) is 0. The maximum atomic E-state index is 10.2. The van der Waals surface area contributed by atoms with Gasteiger partial charge in [-0.3, -0.25) is 0 Å². The molecular weight excluding hydrogens is 286 g/mol. The third-order valence-electron chi connectivity index (χ3n) is 3.44. The highest BCUT2D eigenvalue weighted by molar-refractivity contribution is 7.25. The fourth-order valence-corrected chi connectivity index (χ4v) is 3.46. The van der Waals surface area contributed by atoms with Crippen molar-refractivity contribution in [3.05, 3.63) is 58.5 Å². The first-order valence-corrected chi connectivity index (χ1v) is 7.30. The van der Waals surface area contributed by atoms with E-state index in [1.807, 2.05) is 30.3 Å². The average molecular weight is 299 g/mol. The molecule has 2 atom stereocenters. The van der Waals surface area contributed by atoms with E-state index in [2.05, 4.69) is 16.1 Å². The monoisotopic (exact) mass is 299 g/mol. The molecule has 1 aromatic heterocycles. The molecular formula is C15H13N3O2S. The Kier molecular flexibility index (Phi) is 3.77. The van der Waals surface area contributed by atoms with Crippen LogP contribution in [0.1, 0.15) is 11.7 Å². The number of nitrogens with zero attached hydrogens (tertiary/aromatic N) is 3. The number of hydrogen-bond acceptors (Lipinski definition) is 4. The van der Waals surface area contributed by atoms with E-state index in [0.29, 0.717) is 5.56 Å². The minimum Gasteiger partial charge on any atom is -0.390 e. The molecule has 0 saturated carbocycles. The largest absolute Gasteiger partial charge is 0.390 e. The fraction of sp³-hybridized carbons (Fsp3) is 0.200. The number of aliphatic hydroxyl groups excluding tert-OH is 2. The predicted molar refractivity (Wildman–Crippen MR) is 84.3 cm³/mol. The van der Waals surface area contributed by atoms with Crippen molar-refractivity contribution < 1.29 is 10.2 Å². The molecule has 0 aliphatic rings. The van der Waals surface area contributed by atoms with E-state index in [4.69, 9.17) is 5.53 Å². The summed E-state index contributed by atoms with van der Waals surface area (Å²) in [4.78, 5) is 2.59. The number of fused-ring (bicyclic) bond motifs is 3. The van der Waals surface area contributed by atoms with Gasteiger partial charge in [0.05, 0.1) is 12.6 Å². The lowest BCUT2D eigenvalue weighted by molar-refractivity contribution is 0.0245. The summed E-state index contributed by atoms with van der Waals surface area (Å²) in [5, 5.41) is 25.5. The van der Waals surface area contributed by atoms with Crippen LogP contribution in [0.15, 0.2) is 47.6 Å². The molecule has 106 valence electrons. The summed E-state index contributed by atoms with van der Waals surface area (Å²) in [6.45, 7) is -0.153. The second-order valence-electron chi connectivity index (χ2n) is 4.78. The molecule has 0 amide bonds. The van der Waals surface area contributed by atoms with Crippen LogP contribution >= 0.6 is 11.3 Å². The minimum absolute atomic E-state index is 0.153. The van der Waals surface area contributed by atoms with Gasteiger partial charge < -0.3 is 10.2 Å². The standard InChI is InChI=1S/C15H13N3O2S/c16-18-17-8-12(19)15(20)9-5-6-14-11(7-9)10-3-1-2-4-13(10)21-14/h1-7,12,15,19-20H,8H2. The first-order chi connectivity index (χ1) is 10.2. The maximum Gasteiger partial charge on any atom is 0.105 e. The van der Waals surface area contributed by atoms with Crippen LogP contribution in [0.5, 0.6) is 0 Å². The van der Waals surface area contributed by atoms with Crippen LogP contribution in [0.25, 0.3) is 30.6 Å². The van der Waals surface area contributed by atoms with Crippen LogP contribution in [0, 0.1) is 0 Å². The van der Waals surface area contributed by atoms with E-state index in [-0.39, 0.29) is 6.54 Å². The van der Waals surface area contributed by atoms with Crippen LogP contribution in [0.2, 0.25) is 0 Å². The van der Waals surface area contributed by atoms with Crippen LogP contribution in [0.4, 0.5) is 0 Å². The molecule has 0 aliphatic heterocycles. The number of aliphatic hydroxyl groups is 2. The number of azide groups is 1. The zero-order valence-electron chi connectivity index (χ0n) is 11.0. The molecule has 0 aliphatic carbocycles.